The number of unbranched alkanes of at least 4 members (excludes halogenated alkanes) is 3. The van der Waals surface area contributed by atoms with Crippen molar-refractivity contribution in [3.8, 4) is 0 Å². The van der Waals surface area contributed by atoms with Crippen molar-refractivity contribution in [1.82, 2.24) is 25.4 Å². The van der Waals surface area contributed by atoms with E-state index in [4.69, 9.17) is 4.99 Å². The number of aryl methyl sites for hydroxylation is 1. The molecule has 0 fully saturated rings. The van der Waals surface area contributed by atoms with Gasteiger partial charge in [0.2, 0.25) is 0 Å². The molecule has 2 aromatic rings. The van der Waals surface area contributed by atoms with Crippen molar-refractivity contribution in [2.24, 2.45) is 4.99 Å². The van der Waals surface area contributed by atoms with Gasteiger partial charge >= 0.3 is 0 Å². The van der Waals surface area contributed by atoms with Crippen molar-refractivity contribution < 1.29 is 0 Å². The van der Waals surface area contributed by atoms with Crippen LogP contribution in [0.15, 0.2) is 41.7 Å². The Kier molecular flexibility index (Phi) is 10.1. The predicted molar refractivity (Wildman–Crippen MR) is 116 cm³/mol. The summed E-state index contributed by atoms with van der Waals surface area (Å²) in [6.07, 6.45) is 9.01. The summed E-state index contributed by atoms with van der Waals surface area (Å²) >= 11 is 0. The molecule has 6 nitrogen and oxygen atoms in total. The van der Waals surface area contributed by atoms with Gasteiger partial charge in [0.1, 0.15) is 12.2 Å². The van der Waals surface area contributed by atoms with Crippen LogP contribution in [-0.2, 0) is 19.5 Å². The zero-order chi connectivity index (χ0) is 20.0. The second kappa shape index (κ2) is 12.9. The van der Waals surface area contributed by atoms with Gasteiger partial charge in [0.15, 0.2) is 5.96 Å². The maximum Gasteiger partial charge on any atom is 0.191 e. The number of guanidine groups is 1. The molecule has 0 saturated carbocycles. The third-order valence-corrected chi connectivity index (χ3v) is 4.79. The molecule has 6 heteroatoms. The van der Waals surface area contributed by atoms with E-state index in [9.17, 15) is 0 Å². The first-order valence-electron chi connectivity index (χ1n) is 10.7. The number of nitrogens with one attached hydrogen (secondary N) is 2. The molecule has 28 heavy (non-hydrogen) atoms. The van der Waals surface area contributed by atoms with E-state index in [0.29, 0.717) is 12.6 Å². The fraction of sp³-hybridized carbons (Fsp3) is 0.591. The number of nitrogens with zero attached hydrogens (tertiary/aromatic N) is 4. The average molecular weight is 385 g/mol. The second-order valence-electron chi connectivity index (χ2n) is 7.27. The molecule has 1 aromatic heterocycles. The minimum atomic E-state index is 0.403. The maximum absolute atomic E-state index is 4.79. The van der Waals surface area contributed by atoms with Crippen molar-refractivity contribution in [3.05, 3.63) is 48.0 Å². The first-order valence-corrected chi connectivity index (χ1v) is 10.7. The summed E-state index contributed by atoms with van der Waals surface area (Å²) < 4.78 is 2.09. The van der Waals surface area contributed by atoms with E-state index in [-0.39, 0.29) is 0 Å². The molecule has 2 N–H and O–H groups in total. The molecule has 1 heterocycles. The summed E-state index contributed by atoms with van der Waals surface area (Å²) in [7, 11) is 0. The van der Waals surface area contributed by atoms with E-state index >= 15 is 0 Å². The highest BCUT2D eigenvalue weighted by atomic mass is 15.3. The van der Waals surface area contributed by atoms with Crippen LogP contribution in [0.25, 0.3) is 0 Å². The van der Waals surface area contributed by atoms with Crippen LogP contribution in [0.2, 0.25) is 0 Å². The van der Waals surface area contributed by atoms with Crippen molar-refractivity contribution in [2.45, 2.75) is 78.4 Å². The zero-order valence-electron chi connectivity index (χ0n) is 17.7. The second-order valence-corrected chi connectivity index (χ2v) is 7.27. The van der Waals surface area contributed by atoms with E-state index in [1.54, 1.807) is 6.33 Å². The highest BCUT2D eigenvalue weighted by molar-refractivity contribution is 5.80. The molecule has 0 saturated heterocycles. The molecular weight excluding hydrogens is 348 g/mol. The van der Waals surface area contributed by atoms with Crippen LogP contribution in [-0.4, -0.2) is 33.3 Å². The number of benzene rings is 1. The topological polar surface area (TPSA) is 67.1 Å². The molecule has 0 spiro atoms. The van der Waals surface area contributed by atoms with Crippen molar-refractivity contribution >= 4 is 5.96 Å². The van der Waals surface area contributed by atoms with Gasteiger partial charge in [-0.05, 0) is 18.9 Å². The van der Waals surface area contributed by atoms with Crippen LogP contribution in [0.1, 0.15) is 64.3 Å². The lowest BCUT2D eigenvalue weighted by atomic mass is 10.1. The zero-order valence-corrected chi connectivity index (χ0v) is 17.7. The van der Waals surface area contributed by atoms with Gasteiger partial charge in [0.25, 0.3) is 0 Å². The van der Waals surface area contributed by atoms with E-state index in [1.165, 1.54) is 31.2 Å². The van der Waals surface area contributed by atoms with Gasteiger partial charge in [0.05, 0.1) is 6.54 Å². The average Bonchev–Trinajstić information content (AvgIpc) is 3.17. The summed E-state index contributed by atoms with van der Waals surface area (Å²) in [5.41, 5.74) is 1.21. The first-order chi connectivity index (χ1) is 13.7. The highest BCUT2D eigenvalue weighted by Crippen LogP contribution is 2.06. The van der Waals surface area contributed by atoms with Crippen molar-refractivity contribution in [2.75, 3.05) is 6.54 Å². The molecule has 0 aliphatic rings. The molecule has 0 bridgehead atoms. The van der Waals surface area contributed by atoms with Crippen LogP contribution in [0.5, 0.6) is 0 Å². The smallest absolute Gasteiger partial charge is 0.191 e. The van der Waals surface area contributed by atoms with Crippen LogP contribution in [0, 0.1) is 0 Å². The van der Waals surface area contributed by atoms with Crippen molar-refractivity contribution in [1.29, 1.82) is 0 Å². The van der Waals surface area contributed by atoms with Gasteiger partial charge in [-0.15, -0.1) is 10.2 Å². The molecule has 0 aliphatic heterocycles. The number of hydrogen-bond acceptors (Lipinski definition) is 3. The quantitative estimate of drug-likeness (QED) is 0.330. The normalized spacial score (nSPS) is 12.8. The third kappa shape index (κ3) is 8.11. The molecule has 0 amide bonds. The summed E-state index contributed by atoms with van der Waals surface area (Å²) in [6, 6.07) is 10.8. The molecule has 0 aliphatic carbocycles. The summed E-state index contributed by atoms with van der Waals surface area (Å²) in [5, 5.41) is 15.2. The monoisotopic (exact) mass is 384 g/mol. The number of hydrogen-bond donors (Lipinski definition) is 2. The Morgan fingerprint density at radius 1 is 1.14 bits per heavy atom. The van der Waals surface area contributed by atoms with E-state index in [2.05, 4.69) is 70.4 Å². The maximum atomic E-state index is 4.79. The fourth-order valence-electron chi connectivity index (χ4n) is 3.12. The Morgan fingerprint density at radius 2 is 1.96 bits per heavy atom. The molecular formula is C22H36N6. The van der Waals surface area contributed by atoms with Crippen molar-refractivity contribution in [3.63, 3.8) is 0 Å². The summed E-state index contributed by atoms with van der Waals surface area (Å²) in [4.78, 5) is 4.79. The van der Waals surface area contributed by atoms with Gasteiger partial charge in [-0.2, -0.15) is 0 Å². The Bertz CT molecular complexity index is 679. The molecule has 1 aromatic carbocycles. The lowest BCUT2D eigenvalue weighted by Crippen LogP contribution is -2.43. The molecule has 2 rings (SSSR count). The predicted octanol–water partition coefficient (Wildman–Crippen LogP) is 3.93. The minimum absolute atomic E-state index is 0.403. The van der Waals surface area contributed by atoms with Gasteiger partial charge in [-0.3, -0.25) is 0 Å². The van der Waals surface area contributed by atoms with Crippen LogP contribution >= 0.6 is 0 Å². The van der Waals surface area contributed by atoms with Gasteiger partial charge in [0, 0.05) is 25.6 Å². The van der Waals surface area contributed by atoms with E-state index < -0.39 is 0 Å². The number of aromatic nitrogens is 3. The third-order valence-electron chi connectivity index (χ3n) is 4.79. The highest BCUT2D eigenvalue weighted by Gasteiger charge is 2.07. The number of aliphatic imine (C=N–C) groups is 1. The standard InChI is InChI=1S/C22H36N6/c1-4-6-7-9-12-19(3)26-22(24-17-20-13-10-8-11-14-20)23-15-16-28-18-25-27-21(28)5-2/h8,10-11,13-14,18-19H,4-7,9,12,15-17H2,1-3H3,(H2,23,24,26). The number of rotatable bonds is 12. The van der Waals surface area contributed by atoms with E-state index in [0.717, 1.165) is 37.7 Å². The molecule has 1 unspecified atom stereocenters. The van der Waals surface area contributed by atoms with E-state index in [1.807, 2.05) is 6.07 Å². The Hall–Kier alpha value is -2.37. The van der Waals surface area contributed by atoms with Crippen LogP contribution in [0.3, 0.4) is 0 Å². The molecule has 0 radical (unpaired) electrons. The lowest BCUT2D eigenvalue weighted by molar-refractivity contribution is 0.533. The fourth-order valence-corrected chi connectivity index (χ4v) is 3.12. The van der Waals surface area contributed by atoms with Crippen LogP contribution in [0.4, 0.5) is 0 Å². The largest absolute Gasteiger partial charge is 0.355 e. The molecule has 1 atom stereocenters. The lowest BCUT2D eigenvalue weighted by Gasteiger charge is -2.19. The Morgan fingerprint density at radius 3 is 2.71 bits per heavy atom. The SMILES string of the molecule is CCCCCCC(C)NC(=NCc1ccccc1)NCCn1cnnc1CC. The summed E-state index contributed by atoms with van der Waals surface area (Å²) in [6.45, 7) is 8.87. The minimum Gasteiger partial charge on any atom is -0.355 e. The van der Waals surface area contributed by atoms with Gasteiger partial charge in [-0.25, -0.2) is 4.99 Å². The first kappa shape index (κ1) is 21.9. The molecule has 154 valence electrons. The van der Waals surface area contributed by atoms with Gasteiger partial charge < -0.3 is 15.2 Å². The van der Waals surface area contributed by atoms with Gasteiger partial charge in [-0.1, -0.05) is 69.9 Å². The Labute approximate surface area is 169 Å². The Balaban J connectivity index is 1.89. The van der Waals surface area contributed by atoms with Crippen LogP contribution < -0.4 is 10.6 Å². The summed E-state index contributed by atoms with van der Waals surface area (Å²) in [5.74, 6) is 1.89.